The van der Waals surface area contributed by atoms with Crippen molar-refractivity contribution in [3.8, 4) is 11.5 Å². The molecule has 0 aromatic heterocycles. The molecule has 2 rings (SSSR count). The van der Waals surface area contributed by atoms with Crippen molar-refractivity contribution in [2.75, 3.05) is 13.7 Å². The average molecular weight is 392 g/mol. The van der Waals surface area contributed by atoms with E-state index in [1.807, 2.05) is 36.4 Å². The molecule has 0 aliphatic carbocycles. The van der Waals surface area contributed by atoms with Gasteiger partial charge < -0.3 is 14.8 Å². The van der Waals surface area contributed by atoms with E-state index in [0.29, 0.717) is 12.5 Å². The first-order valence-corrected chi connectivity index (χ1v) is 9.13. The summed E-state index contributed by atoms with van der Waals surface area (Å²) in [4.78, 5) is 0. The van der Waals surface area contributed by atoms with Gasteiger partial charge in [0.2, 0.25) is 0 Å². The number of hydrogen-bond donors (Lipinski definition) is 1. The molecule has 3 nitrogen and oxygen atoms in total. The zero-order chi connectivity index (χ0) is 17.4. The third-order valence-corrected chi connectivity index (χ3v) is 4.33. The number of rotatable bonds is 9. The average Bonchev–Trinajstić information content (AvgIpc) is 2.58. The highest BCUT2D eigenvalue weighted by Gasteiger charge is 2.12. The molecule has 0 fully saturated rings. The molecule has 0 saturated heterocycles. The van der Waals surface area contributed by atoms with Crippen LogP contribution in [0.3, 0.4) is 0 Å². The summed E-state index contributed by atoms with van der Waals surface area (Å²) in [5.74, 6) is 2.21. The maximum absolute atomic E-state index is 5.96. The van der Waals surface area contributed by atoms with Gasteiger partial charge in [-0.3, -0.25) is 0 Å². The summed E-state index contributed by atoms with van der Waals surface area (Å²) in [6.07, 6.45) is 1.18. The summed E-state index contributed by atoms with van der Waals surface area (Å²) >= 11 is 3.61. The zero-order valence-electron chi connectivity index (χ0n) is 14.6. The van der Waals surface area contributed by atoms with Crippen molar-refractivity contribution in [1.82, 2.24) is 5.32 Å². The van der Waals surface area contributed by atoms with Crippen LogP contribution >= 0.6 is 15.9 Å². The van der Waals surface area contributed by atoms with Crippen molar-refractivity contribution >= 4 is 15.9 Å². The molecule has 130 valence electrons. The van der Waals surface area contributed by atoms with E-state index >= 15 is 0 Å². The minimum atomic E-state index is 0.516. The normalized spacial score (nSPS) is 10.9. The lowest BCUT2D eigenvalue weighted by Crippen LogP contribution is -2.16. The van der Waals surface area contributed by atoms with Gasteiger partial charge in [0.1, 0.15) is 6.61 Å². The standard InChI is InChI=1S/C20H26BrNO2/c1-15(2)9-10-22-13-17-11-18(21)20(19(12-17)23-3)24-14-16-7-5-4-6-8-16/h4-8,11-12,15,22H,9-10,13-14H2,1-3H3. The number of ether oxygens (including phenoxy) is 2. The summed E-state index contributed by atoms with van der Waals surface area (Å²) in [6.45, 7) is 6.83. The Balaban J connectivity index is 2.01. The first-order valence-electron chi connectivity index (χ1n) is 8.34. The largest absolute Gasteiger partial charge is 0.493 e. The summed E-state index contributed by atoms with van der Waals surface area (Å²) in [7, 11) is 1.67. The Morgan fingerprint density at radius 3 is 2.50 bits per heavy atom. The zero-order valence-corrected chi connectivity index (χ0v) is 16.2. The van der Waals surface area contributed by atoms with E-state index in [9.17, 15) is 0 Å². The number of nitrogens with one attached hydrogen (secondary N) is 1. The van der Waals surface area contributed by atoms with Crippen LogP contribution in [0.4, 0.5) is 0 Å². The Bertz CT molecular complexity index is 629. The van der Waals surface area contributed by atoms with Crippen molar-refractivity contribution in [2.24, 2.45) is 5.92 Å². The maximum Gasteiger partial charge on any atom is 0.175 e. The molecule has 0 bridgehead atoms. The number of hydrogen-bond acceptors (Lipinski definition) is 3. The monoisotopic (exact) mass is 391 g/mol. The van der Waals surface area contributed by atoms with Gasteiger partial charge in [-0.15, -0.1) is 0 Å². The van der Waals surface area contributed by atoms with Crippen molar-refractivity contribution in [1.29, 1.82) is 0 Å². The van der Waals surface area contributed by atoms with Crippen LogP contribution in [0.15, 0.2) is 46.9 Å². The van der Waals surface area contributed by atoms with Crippen molar-refractivity contribution < 1.29 is 9.47 Å². The molecule has 2 aromatic rings. The maximum atomic E-state index is 5.96. The molecule has 0 atom stereocenters. The first-order chi connectivity index (χ1) is 11.6. The lowest BCUT2D eigenvalue weighted by Gasteiger charge is -2.15. The molecule has 4 heteroatoms. The van der Waals surface area contributed by atoms with Crippen LogP contribution < -0.4 is 14.8 Å². The van der Waals surface area contributed by atoms with Gasteiger partial charge in [0.05, 0.1) is 11.6 Å². The van der Waals surface area contributed by atoms with Gasteiger partial charge in [-0.25, -0.2) is 0 Å². The molecule has 1 N–H and O–H groups in total. The predicted octanol–water partition coefficient (Wildman–Crippen LogP) is 5.17. The molecule has 24 heavy (non-hydrogen) atoms. The molecule has 0 heterocycles. The van der Waals surface area contributed by atoms with Gasteiger partial charge in [0.15, 0.2) is 11.5 Å². The molecule has 0 spiro atoms. The fraction of sp³-hybridized carbons (Fsp3) is 0.400. The molecule has 0 aliphatic heterocycles. The van der Waals surface area contributed by atoms with E-state index in [1.165, 1.54) is 12.0 Å². The lowest BCUT2D eigenvalue weighted by molar-refractivity contribution is 0.282. The molecule has 0 amide bonds. The summed E-state index contributed by atoms with van der Waals surface area (Å²) in [5, 5.41) is 3.47. The summed E-state index contributed by atoms with van der Waals surface area (Å²) in [6, 6.07) is 14.2. The van der Waals surface area contributed by atoms with E-state index in [1.54, 1.807) is 7.11 Å². The highest BCUT2D eigenvalue weighted by Crippen LogP contribution is 2.37. The number of methoxy groups -OCH3 is 1. The number of benzene rings is 2. The van der Waals surface area contributed by atoms with Crippen LogP contribution in [-0.2, 0) is 13.2 Å². The third kappa shape index (κ3) is 5.84. The fourth-order valence-corrected chi connectivity index (χ4v) is 2.97. The Kier molecular flexibility index (Phi) is 7.60. The second kappa shape index (κ2) is 9.70. The van der Waals surface area contributed by atoms with Crippen LogP contribution in [0.5, 0.6) is 11.5 Å². The second-order valence-corrected chi connectivity index (χ2v) is 7.10. The summed E-state index contributed by atoms with van der Waals surface area (Å²) < 4.78 is 12.4. The molecular formula is C20H26BrNO2. The van der Waals surface area contributed by atoms with Crippen molar-refractivity contribution in [3.05, 3.63) is 58.1 Å². The summed E-state index contributed by atoms with van der Waals surface area (Å²) in [5.41, 5.74) is 2.31. The second-order valence-electron chi connectivity index (χ2n) is 6.24. The molecule has 2 aromatic carbocycles. The Morgan fingerprint density at radius 1 is 1.08 bits per heavy atom. The highest BCUT2D eigenvalue weighted by atomic mass is 79.9. The van der Waals surface area contributed by atoms with Gasteiger partial charge in [0, 0.05) is 6.54 Å². The van der Waals surface area contributed by atoms with E-state index in [2.05, 4.69) is 41.2 Å². The Labute approximate surface area is 153 Å². The van der Waals surface area contributed by atoms with Crippen LogP contribution in [0.25, 0.3) is 0 Å². The van der Waals surface area contributed by atoms with Gasteiger partial charge in [-0.2, -0.15) is 0 Å². The fourth-order valence-electron chi connectivity index (χ4n) is 2.37. The van der Waals surface area contributed by atoms with Gasteiger partial charge in [0.25, 0.3) is 0 Å². The molecular weight excluding hydrogens is 366 g/mol. The quantitative estimate of drug-likeness (QED) is 0.597. The highest BCUT2D eigenvalue weighted by molar-refractivity contribution is 9.10. The van der Waals surface area contributed by atoms with Crippen molar-refractivity contribution in [2.45, 2.75) is 33.4 Å². The first kappa shape index (κ1) is 18.8. The van der Waals surface area contributed by atoms with E-state index in [0.717, 1.165) is 34.6 Å². The minimum absolute atomic E-state index is 0.516. The molecule has 0 radical (unpaired) electrons. The topological polar surface area (TPSA) is 30.5 Å². The van der Waals surface area contributed by atoms with Crippen LogP contribution in [0.1, 0.15) is 31.4 Å². The minimum Gasteiger partial charge on any atom is -0.493 e. The molecule has 0 unspecified atom stereocenters. The smallest absolute Gasteiger partial charge is 0.175 e. The van der Waals surface area contributed by atoms with Crippen LogP contribution in [0, 0.1) is 5.92 Å². The van der Waals surface area contributed by atoms with Gasteiger partial charge in [-0.1, -0.05) is 44.2 Å². The third-order valence-electron chi connectivity index (χ3n) is 3.74. The van der Waals surface area contributed by atoms with E-state index < -0.39 is 0 Å². The predicted molar refractivity (Wildman–Crippen MR) is 103 cm³/mol. The van der Waals surface area contributed by atoms with Crippen molar-refractivity contribution in [3.63, 3.8) is 0 Å². The SMILES string of the molecule is COc1cc(CNCCC(C)C)cc(Br)c1OCc1ccccc1. The van der Waals surface area contributed by atoms with E-state index in [-0.39, 0.29) is 0 Å². The van der Waals surface area contributed by atoms with Crippen LogP contribution in [-0.4, -0.2) is 13.7 Å². The lowest BCUT2D eigenvalue weighted by atomic mass is 10.1. The Hall–Kier alpha value is -1.52. The molecule has 0 aliphatic rings. The van der Waals surface area contributed by atoms with E-state index in [4.69, 9.17) is 9.47 Å². The Morgan fingerprint density at radius 2 is 1.83 bits per heavy atom. The number of halogens is 1. The van der Waals surface area contributed by atoms with Gasteiger partial charge in [-0.05, 0) is 58.1 Å². The van der Waals surface area contributed by atoms with Crippen LogP contribution in [0.2, 0.25) is 0 Å². The van der Waals surface area contributed by atoms with Gasteiger partial charge >= 0.3 is 0 Å². The molecule has 0 saturated carbocycles.